The number of sulfonamides is 1. The fourth-order valence-corrected chi connectivity index (χ4v) is 4.07. The number of Topliss-reactive ketones (excluding diaryl/α,β-unsaturated/α-hetero) is 1. The maximum absolute atomic E-state index is 12.3. The Kier molecular flexibility index (Phi) is 6.22. The Hall–Kier alpha value is -2.87. The van der Waals surface area contributed by atoms with Gasteiger partial charge in [-0.15, -0.1) is 0 Å². The maximum Gasteiger partial charge on any atom is 0.229 e. The molecule has 0 spiro atoms. The molecule has 3 rings (SSSR count). The van der Waals surface area contributed by atoms with Gasteiger partial charge in [0.1, 0.15) is 0 Å². The molecule has 0 atom stereocenters. The smallest absolute Gasteiger partial charge is 0.229 e. The predicted octanol–water partition coefficient (Wildman–Crippen LogP) is 3.04. The highest BCUT2D eigenvalue weighted by atomic mass is 32.2. The largest absolute Gasteiger partial charge is 0.371 e. The van der Waals surface area contributed by atoms with Crippen LogP contribution in [0.5, 0.6) is 0 Å². The number of carbonyl (C=O) groups is 2. The molecule has 0 fully saturated rings. The summed E-state index contributed by atoms with van der Waals surface area (Å²) < 4.78 is 25.8. The van der Waals surface area contributed by atoms with Crippen LogP contribution in [0.3, 0.4) is 0 Å². The second kappa shape index (κ2) is 8.65. The molecule has 0 saturated carbocycles. The zero-order valence-corrected chi connectivity index (χ0v) is 17.4. The van der Waals surface area contributed by atoms with E-state index in [0.717, 1.165) is 36.9 Å². The summed E-state index contributed by atoms with van der Waals surface area (Å²) in [4.78, 5) is 25.8. The molecule has 8 heteroatoms. The van der Waals surface area contributed by atoms with Crippen LogP contribution in [-0.2, 0) is 21.2 Å². The molecule has 0 saturated heterocycles. The minimum absolute atomic E-state index is 0.0172. The lowest BCUT2D eigenvalue weighted by Crippen LogP contribution is -2.33. The van der Waals surface area contributed by atoms with Gasteiger partial charge in [0.25, 0.3) is 0 Å². The van der Waals surface area contributed by atoms with Crippen LogP contribution in [0.15, 0.2) is 42.5 Å². The summed E-state index contributed by atoms with van der Waals surface area (Å²) in [6.07, 6.45) is 3.13. The highest BCUT2D eigenvalue weighted by Gasteiger charge is 2.21. The molecular formula is C21H25N3O4S. The van der Waals surface area contributed by atoms with E-state index in [4.69, 9.17) is 0 Å². The first-order chi connectivity index (χ1) is 13.7. The lowest BCUT2D eigenvalue weighted by atomic mass is 10.00. The summed E-state index contributed by atoms with van der Waals surface area (Å²) in [5.41, 5.74) is 3.78. The third kappa shape index (κ3) is 5.57. The molecule has 0 unspecified atom stereocenters. The van der Waals surface area contributed by atoms with E-state index < -0.39 is 10.0 Å². The molecule has 0 aliphatic carbocycles. The average Bonchev–Trinajstić information content (AvgIpc) is 2.66. The van der Waals surface area contributed by atoms with Crippen molar-refractivity contribution in [1.29, 1.82) is 0 Å². The topological polar surface area (TPSA) is 95.6 Å². The lowest BCUT2D eigenvalue weighted by Gasteiger charge is -2.32. The second-order valence-electron chi connectivity index (χ2n) is 7.20. The van der Waals surface area contributed by atoms with Crippen molar-refractivity contribution in [1.82, 2.24) is 0 Å². The molecule has 2 aromatic rings. The molecule has 2 N–H and O–H groups in total. The van der Waals surface area contributed by atoms with Crippen LogP contribution in [0, 0.1) is 0 Å². The highest BCUT2D eigenvalue weighted by molar-refractivity contribution is 7.92. The molecule has 0 bridgehead atoms. The second-order valence-corrected chi connectivity index (χ2v) is 8.95. The van der Waals surface area contributed by atoms with Gasteiger partial charge in [0, 0.05) is 36.4 Å². The molecular weight excluding hydrogens is 390 g/mol. The normalized spacial score (nSPS) is 13.5. The van der Waals surface area contributed by atoms with Crippen molar-refractivity contribution < 1.29 is 18.0 Å². The van der Waals surface area contributed by atoms with Crippen molar-refractivity contribution >= 4 is 38.8 Å². The van der Waals surface area contributed by atoms with Crippen LogP contribution in [0.1, 0.15) is 35.7 Å². The van der Waals surface area contributed by atoms with E-state index in [2.05, 4.69) is 14.9 Å². The van der Waals surface area contributed by atoms with Crippen molar-refractivity contribution in [3.05, 3.63) is 53.6 Å². The summed E-state index contributed by atoms with van der Waals surface area (Å²) in [7, 11) is -3.35. The van der Waals surface area contributed by atoms with E-state index >= 15 is 0 Å². The van der Waals surface area contributed by atoms with Gasteiger partial charge < -0.3 is 10.2 Å². The zero-order chi connectivity index (χ0) is 21.0. The van der Waals surface area contributed by atoms with Gasteiger partial charge in [-0.05, 0) is 61.7 Å². The van der Waals surface area contributed by atoms with Gasteiger partial charge in [-0.2, -0.15) is 0 Å². The third-order valence-corrected chi connectivity index (χ3v) is 5.42. The highest BCUT2D eigenvalue weighted by Crippen LogP contribution is 2.33. The minimum atomic E-state index is -3.35. The van der Waals surface area contributed by atoms with Crippen molar-refractivity contribution in [3.8, 4) is 0 Å². The minimum Gasteiger partial charge on any atom is -0.371 e. The van der Waals surface area contributed by atoms with Crippen LogP contribution in [0.25, 0.3) is 0 Å². The van der Waals surface area contributed by atoms with Gasteiger partial charge in [0.15, 0.2) is 5.78 Å². The van der Waals surface area contributed by atoms with Gasteiger partial charge in [0.2, 0.25) is 15.9 Å². The van der Waals surface area contributed by atoms with Crippen LogP contribution < -0.4 is 14.9 Å². The van der Waals surface area contributed by atoms with Crippen LogP contribution >= 0.6 is 0 Å². The summed E-state index contributed by atoms with van der Waals surface area (Å²) in [6.45, 7) is 2.85. The first-order valence-corrected chi connectivity index (χ1v) is 11.4. The number of amides is 1. The Morgan fingerprint density at radius 2 is 1.83 bits per heavy atom. The maximum atomic E-state index is 12.3. The van der Waals surface area contributed by atoms with Gasteiger partial charge in [-0.3, -0.25) is 14.3 Å². The Labute approximate surface area is 171 Å². The summed E-state index contributed by atoms with van der Waals surface area (Å²) in [5, 5.41) is 2.85. The van der Waals surface area contributed by atoms with Crippen LogP contribution in [-0.4, -0.2) is 39.5 Å². The number of fused-ring (bicyclic) bond motifs is 1. The zero-order valence-electron chi connectivity index (χ0n) is 16.6. The standard InChI is InChI=1S/C21H25N3O4S/c1-15(25)16-8-10-17(11-9-16)22-21(26)12-14-24-13-4-5-18-19(23-29(2,27)28)6-3-7-20(18)24/h3,6-11,23H,4-5,12-14H2,1-2H3,(H,22,26). The Bertz CT molecular complexity index is 1020. The average molecular weight is 416 g/mol. The van der Waals surface area contributed by atoms with Gasteiger partial charge in [-0.25, -0.2) is 8.42 Å². The van der Waals surface area contributed by atoms with Crippen LogP contribution in [0.2, 0.25) is 0 Å². The van der Waals surface area contributed by atoms with Gasteiger partial charge in [-0.1, -0.05) is 6.07 Å². The number of hydrogen-bond donors (Lipinski definition) is 2. The number of hydrogen-bond acceptors (Lipinski definition) is 5. The van der Waals surface area contributed by atoms with E-state index in [-0.39, 0.29) is 11.7 Å². The first-order valence-electron chi connectivity index (χ1n) is 9.48. The van der Waals surface area contributed by atoms with Gasteiger partial charge in [0.05, 0.1) is 11.9 Å². The molecule has 29 heavy (non-hydrogen) atoms. The van der Waals surface area contributed by atoms with Crippen molar-refractivity contribution in [2.75, 3.05) is 34.3 Å². The first kappa shape index (κ1) is 20.9. The Morgan fingerprint density at radius 1 is 1.10 bits per heavy atom. The van der Waals surface area contributed by atoms with E-state index in [1.807, 2.05) is 12.1 Å². The molecule has 0 aromatic heterocycles. The molecule has 1 amide bonds. The number of nitrogens with zero attached hydrogens (tertiary/aromatic N) is 1. The van der Waals surface area contributed by atoms with Crippen molar-refractivity contribution in [3.63, 3.8) is 0 Å². The number of benzene rings is 2. The number of anilines is 3. The number of ketones is 1. The third-order valence-electron chi connectivity index (χ3n) is 4.83. The Balaban J connectivity index is 1.64. The summed E-state index contributed by atoms with van der Waals surface area (Å²) >= 11 is 0. The molecule has 1 aliphatic heterocycles. The quantitative estimate of drug-likeness (QED) is 0.678. The molecule has 1 aliphatic rings. The van der Waals surface area contributed by atoms with Crippen molar-refractivity contribution in [2.45, 2.75) is 26.2 Å². The van der Waals surface area contributed by atoms with Crippen LogP contribution in [0.4, 0.5) is 17.1 Å². The molecule has 0 radical (unpaired) electrons. The van der Waals surface area contributed by atoms with Crippen molar-refractivity contribution in [2.24, 2.45) is 0 Å². The van der Waals surface area contributed by atoms with E-state index in [1.54, 1.807) is 30.3 Å². The molecule has 7 nitrogen and oxygen atoms in total. The molecule has 154 valence electrons. The monoisotopic (exact) mass is 415 g/mol. The lowest BCUT2D eigenvalue weighted by molar-refractivity contribution is -0.116. The number of carbonyl (C=O) groups excluding carboxylic acids is 2. The Morgan fingerprint density at radius 3 is 2.48 bits per heavy atom. The van der Waals surface area contributed by atoms with Gasteiger partial charge >= 0.3 is 0 Å². The predicted molar refractivity (Wildman–Crippen MR) is 115 cm³/mol. The van der Waals surface area contributed by atoms with E-state index in [9.17, 15) is 18.0 Å². The molecule has 1 heterocycles. The van der Waals surface area contributed by atoms with E-state index in [1.165, 1.54) is 6.92 Å². The fraction of sp³-hybridized carbons (Fsp3) is 0.333. The summed E-state index contributed by atoms with van der Waals surface area (Å²) in [6, 6.07) is 12.4. The molecule has 2 aromatic carbocycles. The number of rotatable bonds is 7. The van der Waals surface area contributed by atoms with E-state index in [0.29, 0.717) is 29.9 Å². The SMILES string of the molecule is CC(=O)c1ccc(NC(=O)CCN2CCCc3c(NS(C)(=O)=O)cccc32)cc1. The summed E-state index contributed by atoms with van der Waals surface area (Å²) in [5.74, 6) is -0.130. The fourth-order valence-electron chi connectivity index (χ4n) is 3.48. The number of nitrogens with one attached hydrogen (secondary N) is 2.